The van der Waals surface area contributed by atoms with E-state index in [2.05, 4.69) is 5.32 Å². The molecule has 14 heavy (non-hydrogen) atoms. The van der Waals surface area contributed by atoms with Crippen molar-refractivity contribution in [2.45, 2.75) is 13.3 Å². The molecule has 0 aliphatic rings. The molecule has 0 aromatic heterocycles. The topological polar surface area (TPSA) is 55.1 Å². The van der Waals surface area contributed by atoms with Crippen molar-refractivity contribution < 1.29 is 4.79 Å². The minimum atomic E-state index is 0.0735. The molecule has 0 fully saturated rings. The Morgan fingerprint density at radius 3 is 2.71 bits per heavy atom. The van der Waals surface area contributed by atoms with Gasteiger partial charge in [-0.3, -0.25) is 4.79 Å². The van der Waals surface area contributed by atoms with Crippen LogP contribution in [0.2, 0.25) is 0 Å². The fraction of sp³-hybridized carbons (Fsp3) is 0.200. The van der Waals surface area contributed by atoms with Gasteiger partial charge in [0.1, 0.15) is 0 Å². The van der Waals surface area contributed by atoms with Gasteiger partial charge in [0.05, 0.1) is 5.69 Å². The molecule has 0 atom stereocenters. The number of anilines is 1. The molecule has 1 rings (SSSR count). The summed E-state index contributed by atoms with van der Waals surface area (Å²) in [6, 6.07) is 7.18. The van der Waals surface area contributed by atoms with Gasteiger partial charge in [-0.25, -0.2) is 0 Å². The van der Waals surface area contributed by atoms with E-state index in [-0.39, 0.29) is 10.9 Å². The first-order valence-corrected chi connectivity index (χ1v) is 4.74. The predicted octanol–water partition coefficient (Wildman–Crippen LogP) is 1.93. The van der Waals surface area contributed by atoms with Crippen LogP contribution in [0.3, 0.4) is 0 Å². The molecule has 4 heteroatoms. The van der Waals surface area contributed by atoms with Gasteiger partial charge in [0.15, 0.2) is 10.9 Å². The van der Waals surface area contributed by atoms with E-state index in [0.29, 0.717) is 17.7 Å². The molecule has 3 N–H and O–H groups in total. The number of hydrogen-bond acceptors (Lipinski definition) is 2. The summed E-state index contributed by atoms with van der Waals surface area (Å²) in [6.07, 6.45) is 0.468. The van der Waals surface area contributed by atoms with Crippen LogP contribution in [0.5, 0.6) is 0 Å². The third kappa shape index (κ3) is 2.53. The van der Waals surface area contributed by atoms with Gasteiger partial charge in [0, 0.05) is 12.0 Å². The highest BCUT2D eigenvalue weighted by atomic mass is 32.1. The number of benzene rings is 1. The van der Waals surface area contributed by atoms with Crippen LogP contribution in [-0.4, -0.2) is 10.9 Å². The highest BCUT2D eigenvalue weighted by Crippen LogP contribution is 2.16. The maximum atomic E-state index is 11.5. The lowest BCUT2D eigenvalue weighted by molar-refractivity contribution is 0.0989. The molecule has 74 valence electrons. The SMILES string of the molecule is CCC(=O)c1ccccc1NC(N)=S. The van der Waals surface area contributed by atoms with Crippen molar-refractivity contribution in [1.82, 2.24) is 0 Å². The van der Waals surface area contributed by atoms with Crippen LogP contribution in [0.25, 0.3) is 0 Å². The Morgan fingerprint density at radius 2 is 2.14 bits per heavy atom. The first kappa shape index (κ1) is 10.7. The van der Waals surface area contributed by atoms with Gasteiger partial charge >= 0.3 is 0 Å². The first-order chi connectivity index (χ1) is 6.65. The number of Topliss-reactive ketones (excluding diaryl/α,β-unsaturated/α-hetero) is 1. The van der Waals surface area contributed by atoms with Crippen LogP contribution < -0.4 is 11.1 Å². The number of thiocarbonyl (C=S) groups is 1. The van der Waals surface area contributed by atoms with Crippen molar-refractivity contribution in [2.24, 2.45) is 5.73 Å². The molecule has 0 saturated heterocycles. The molecule has 0 saturated carbocycles. The van der Waals surface area contributed by atoms with Gasteiger partial charge in [0.25, 0.3) is 0 Å². The Labute approximate surface area is 88.3 Å². The minimum Gasteiger partial charge on any atom is -0.376 e. The lowest BCUT2D eigenvalue weighted by Crippen LogP contribution is -2.20. The fourth-order valence-corrected chi connectivity index (χ4v) is 1.27. The average Bonchev–Trinajstić information content (AvgIpc) is 2.16. The predicted molar refractivity (Wildman–Crippen MR) is 61.5 cm³/mol. The summed E-state index contributed by atoms with van der Waals surface area (Å²) in [5.74, 6) is 0.0735. The zero-order valence-electron chi connectivity index (χ0n) is 7.91. The Balaban J connectivity index is 3.02. The second-order valence-corrected chi connectivity index (χ2v) is 3.25. The van der Waals surface area contributed by atoms with Gasteiger partial charge in [0.2, 0.25) is 0 Å². The molecule has 1 aromatic rings. The number of hydrogen-bond donors (Lipinski definition) is 2. The summed E-state index contributed by atoms with van der Waals surface area (Å²) in [7, 11) is 0. The van der Waals surface area contributed by atoms with Gasteiger partial charge in [-0.15, -0.1) is 0 Å². The quantitative estimate of drug-likeness (QED) is 0.588. The number of nitrogens with two attached hydrogens (primary N) is 1. The van der Waals surface area contributed by atoms with E-state index in [4.69, 9.17) is 18.0 Å². The third-order valence-corrected chi connectivity index (χ3v) is 1.91. The maximum Gasteiger partial charge on any atom is 0.168 e. The number of nitrogens with one attached hydrogen (secondary N) is 1. The maximum absolute atomic E-state index is 11.5. The summed E-state index contributed by atoms with van der Waals surface area (Å²) in [4.78, 5) is 11.5. The molecule has 0 aliphatic heterocycles. The second-order valence-electron chi connectivity index (χ2n) is 2.81. The summed E-state index contributed by atoms with van der Waals surface area (Å²) in [6.45, 7) is 1.82. The molecule has 3 nitrogen and oxygen atoms in total. The number of ketones is 1. The zero-order chi connectivity index (χ0) is 10.6. The highest BCUT2D eigenvalue weighted by molar-refractivity contribution is 7.80. The largest absolute Gasteiger partial charge is 0.376 e. The van der Waals surface area contributed by atoms with Crippen molar-refractivity contribution in [3.05, 3.63) is 29.8 Å². The third-order valence-electron chi connectivity index (χ3n) is 1.81. The van der Waals surface area contributed by atoms with E-state index in [9.17, 15) is 4.79 Å². The van der Waals surface area contributed by atoms with E-state index >= 15 is 0 Å². The number of carbonyl (C=O) groups is 1. The molecule has 0 heterocycles. The van der Waals surface area contributed by atoms with Gasteiger partial charge < -0.3 is 11.1 Å². The number of carbonyl (C=O) groups excluding carboxylic acids is 1. The van der Waals surface area contributed by atoms with Gasteiger partial charge in [-0.05, 0) is 24.4 Å². The van der Waals surface area contributed by atoms with E-state index in [0.717, 1.165) is 0 Å². The molecule has 0 spiro atoms. The smallest absolute Gasteiger partial charge is 0.168 e. The van der Waals surface area contributed by atoms with Gasteiger partial charge in [-0.1, -0.05) is 19.1 Å². The standard InChI is InChI=1S/C10H12N2OS/c1-2-9(13)7-5-3-4-6-8(7)12-10(11)14/h3-6H,2H2,1H3,(H3,11,12,14). The van der Waals surface area contributed by atoms with Gasteiger partial charge in [-0.2, -0.15) is 0 Å². The van der Waals surface area contributed by atoms with Crippen LogP contribution in [0.15, 0.2) is 24.3 Å². The van der Waals surface area contributed by atoms with Crippen molar-refractivity contribution in [3.8, 4) is 0 Å². The normalized spacial score (nSPS) is 9.50. The van der Waals surface area contributed by atoms with Crippen LogP contribution >= 0.6 is 12.2 Å². The van der Waals surface area contributed by atoms with Crippen LogP contribution in [-0.2, 0) is 0 Å². The van der Waals surface area contributed by atoms with E-state index in [1.807, 2.05) is 19.1 Å². The number of para-hydroxylation sites is 1. The van der Waals surface area contributed by atoms with Crippen LogP contribution in [0, 0.1) is 0 Å². The molecular weight excluding hydrogens is 196 g/mol. The highest BCUT2D eigenvalue weighted by Gasteiger charge is 2.08. The fourth-order valence-electron chi connectivity index (χ4n) is 1.16. The second kappa shape index (κ2) is 4.72. The average molecular weight is 208 g/mol. The minimum absolute atomic E-state index is 0.0735. The Hall–Kier alpha value is -1.42. The Kier molecular flexibility index (Phi) is 3.59. The Bertz CT molecular complexity index is 363. The van der Waals surface area contributed by atoms with Crippen molar-refractivity contribution in [1.29, 1.82) is 0 Å². The number of rotatable bonds is 3. The summed E-state index contributed by atoms with van der Waals surface area (Å²) in [5.41, 5.74) is 6.64. The van der Waals surface area contributed by atoms with E-state index in [1.165, 1.54) is 0 Å². The van der Waals surface area contributed by atoms with Crippen LogP contribution in [0.4, 0.5) is 5.69 Å². The lowest BCUT2D eigenvalue weighted by Gasteiger charge is -2.08. The van der Waals surface area contributed by atoms with Crippen molar-refractivity contribution >= 4 is 28.8 Å². The van der Waals surface area contributed by atoms with Crippen molar-refractivity contribution in [2.75, 3.05) is 5.32 Å². The Morgan fingerprint density at radius 1 is 1.50 bits per heavy atom. The molecule has 0 radical (unpaired) electrons. The summed E-state index contributed by atoms with van der Waals surface area (Å²) >= 11 is 4.72. The summed E-state index contributed by atoms with van der Waals surface area (Å²) < 4.78 is 0. The molecule has 0 amide bonds. The lowest BCUT2D eigenvalue weighted by atomic mass is 10.1. The van der Waals surface area contributed by atoms with E-state index < -0.39 is 0 Å². The molecule has 0 bridgehead atoms. The first-order valence-electron chi connectivity index (χ1n) is 4.33. The monoisotopic (exact) mass is 208 g/mol. The van der Waals surface area contributed by atoms with E-state index in [1.54, 1.807) is 12.1 Å². The molecule has 0 aliphatic carbocycles. The molecule has 1 aromatic carbocycles. The zero-order valence-corrected chi connectivity index (χ0v) is 8.73. The molecule has 0 unspecified atom stereocenters. The molecular formula is C10H12N2OS. The van der Waals surface area contributed by atoms with Crippen molar-refractivity contribution in [3.63, 3.8) is 0 Å². The summed E-state index contributed by atoms with van der Waals surface area (Å²) in [5, 5.41) is 2.94. The van der Waals surface area contributed by atoms with Crippen LogP contribution in [0.1, 0.15) is 23.7 Å².